The topological polar surface area (TPSA) is 61.4 Å². The van der Waals surface area contributed by atoms with Gasteiger partial charge in [-0.2, -0.15) is 0 Å². The summed E-state index contributed by atoms with van der Waals surface area (Å²) in [6.45, 7) is 3.46. The molecule has 28 heavy (non-hydrogen) atoms. The molecule has 2 heterocycles. The fourth-order valence-corrected chi connectivity index (χ4v) is 3.41. The predicted molar refractivity (Wildman–Crippen MR) is 112 cm³/mol. The van der Waals surface area contributed by atoms with Gasteiger partial charge in [0.1, 0.15) is 17.8 Å². The standard InChI is InChI=1S/C21H20ClN5O/c22-17-8-4-5-9-18(17)25-21(28)19-14-20(24-15-23-19)27-12-10-26(11-13-27)16-6-2-1-3-7-16/h1-9,14-15H,10-13H2,(H,25,28). The molecule has 1 aromatic heterocycles. The number of piperazine rings is 1. The lowest BCUT2D eigenvalue weighted by Crippen LogP contribution is -2.46. The zero-order valence-electron chi connectivity index (χ0n) is 15.3. The number of hydrogen-bond acceptors (Lipinski definition) is 5. The number of carbonyl (C=O) groups excluding carboxylic acids is 1. The van der Waals surface area contributed by atoms with Gasteiger partial charge in [0.25, 0.3) is 5.91 Å². The third kappa shape index (κ3) is 4.07. The van der Waals surface area contributed by atoms with Crippen molar-refractivity contribution in [1.29, 1.82) is 0 Å². The van der Waals surface area contributed by atoms with Crippen molar-refractivity contribution in [2.24, 2.45) is 0 Å². The van der Waals surface area contributed by atoms with E-state index in [2.05, 4.69) is 49.4 Å². The molecule has 0 spiro atoms. The van der Waals surface area contributed by atoms with Crippen LogP contribution in [0.25, 0.3) is 0 Å². The van der Waals surface area contributed by atoms with E-state index in [0.717, 1.165) is 32.0 Å². The van der Waals surface area contributed by atoms with Crippen LogP contribution in [-0.4, -0.2) is 42.1 Å². The Balaban J connectivity index is 1.43. The molecule has 6 nitrogen and oxygen atoms in total. The van der Waals surface area contributed by atoms with Gasteiger partial charge in [0.2, 0.25) is 0 Å². The quantitative estimate of drug-likeness (QED) is 0.732. The lowest BCUT2D eigenvalue weighted by atomic mass is 10.2. The molecule has 1 fully saturated rings. The van der Waals surface area contributed by atoms with Gasteiger partial charge in [-0.1, -0.05) is 41.9 Å². The zero-order chi connectivity index (χ0) is 19.3. The average molecular weight is 394 g/mol. The van der Waals surface area contributed by atoms with E-state index in [1.165, 1.54) is 12.0 Å². The first-order valence-electron chi connectivity index (χ1n) is 9.13. The van der Waals surface area contributed by atoms with Crippen LogP contribution in [-0.2, 0) is 0 Å². The number of nitrogens with one attached hydrogen (secondary N) is 1. The van der Waals surface area contributed by atoms with E-state index >= 15 is 0 Å². The highest BCUT2D eigenvalue weighted by Crippen LogP contribution is 2.22. The van der Waals surface area contributed by atoms with Gasteiger partial charge in [0.05, 0.1) is 10.7 Å². The van der Waals surface area contributed by atoms with Crippen molar-refractivity contribution in [3.05, 3.63) is 77.7 Å². The molecule has 1 aliphatic heterocycles. The highest BCUT2D eigenvalue weighted by molar-refractivity contribution is 6.33. The van der Waals surface area contributed by atoms with Crippen LogP contribution in [0.4, 0.5) is 17.2 Å². The zero-order valence-corrected chi connectivity index (χ0v) is 16.0. The molecule has 0 unspecified atom stereocenters. The number of rotatable bonds is 4. The summed E-state index contributed by atoms with van der Waals surface area (Å²) in [5.41, 5.74) is 2.10. The highest BCUT2D eigenvalue weighted by Gasteiger charge is 2.20. The molecule has 1 aliphatic rings. The summed E-state index contributed by atoms with van der Waals surface area (Å²) in [5.74, 6) is 0.451. The maximum Gasteiger partial charge on any atom is 0.274 e. The van der Waals surface area contributed by atoms with Crippen LogP contribution in [0.5, 0.6) is 0 Å². The van der Waals surface area contributed by atoms with E-state index in [0.29, 0.717) is 16.4 Å². The molecule has 0 atom stereocenters. The van der Waals surface area contributed by atoms with Gasteiger partial charge in [-0.3, -0.25) is 4.79 Å². The number of para-hydroxylation sites is 2. The number of aromatic nitrogens is 2. The number of anilines is 3. The maximum absolute atomic E-state index is 12.6. The molecule has 0 aliphatic carbocycles. The van der Waals surface area contributed by atoms with Crippen molar-refractivity contribution >= 4 is 34.7 Å². The van der Waals surface area contributed by atoms with Gasteiger partial charge in [-0.25, -0.2) is 9.97 Å². The van der Waals surface area contributed by atoms with Crippen LogP contribution in [0.3, 0.4) is 0 Å². The second kappa shape index (κ2) is 8.27. The molecule has 1 saturated heterocycles. The molecule has 3 aromatic rings. The number of carbonyl (C=O) groups is 1. The van der Waals surface area contributed by atoms with Crippen LogP contribution in [0.2, 0.25) is 5.02 Å². The molecular formula is C21H20ClN5O. The number of hydrogen-bond donors (Lipinski definition) is 1. The second-order valence-electron chi connectivity index (χ2n) is 6.51. The normalized spacial score (nSPS) is 14.0. The van der Waals surface area contributed by atoms with E-state index in [9.17, 15) is 4.79 Å². The number of amides is 1. The number of nitrogens with zero attached hydrogens (tertiary/aromatic N) is 4. The molecule has 7 heteroatoms. The summed E-state index contributed by atoms with van der Waals surface area (Å²) in [5, 5.41) is 3.29. The van der Waals surface area contributed by atoms with Gasteiger partial charge in [-0.05, 0) is 24.3 Å². The van der Waals surface area contributed by atoms with Crippen molar-refractivity contribution in [2.75, 3.05) is 41.3 Å². The Kier molecular flexibility index (Phi) is 5.39. The Morgan fingerprint density at radius 1 is 0.893 bits per heavy atom. The highest BCUT2D eigenvalue weighted by atomic mass is 35.5. The smallest absolute Gasteiger partial charge is 0.274 e. The van der Waals surface area contributed by atoms with Crippen LogP contribution in [0.1, 0.15) is 10.5 Å². The van der Waals surface area contributed by atoms with Crippen LogP contribution < -0.4 is 15.1 Å². The fraction of sp³-hybridized carbons (Fsp3) is 0.190. The minimum absolute atomic E-state index is 0.306. The Morgan fingerprint density at radius 3 is 2.32 bits per heavy atom. The summed E-state index contributed by atoms with van der Waals surface area (Å²) in [6.07, 6.45) is 1.43. The monoisotopic (exact) mass is 393 g/mol. The van der Waals surface area contributed by atoms with E-state index < -0.39 is 0 Å². The Labute approximate surface area is 168 Å². The molecule has 1 amide bonds. The number of halogens is 1. The second-order valence-corrected chi connectivity index (χ2v) is 6.91. The van der Waals surface area contributed by atoms with Crippen LogP contribution in [0, 0.1) is 0 Å². The van der Waals surface area contributed by atoms with Gasteiger partial charge in [-0.15, -0.1) is 0 Å². The Bertz CT molecular complexity index is 958. The molecule has 0 radical (unpaired) electrons. The SMILES string of the molecule is O=C(Nc1ccccc1Cl)c1cc(N2CCN(c3ccccc3)CC2)ncn1. The first kappa shape index (κ1) is 18.3. The first-order valence-corrected chi connectivity index (χ1v) is 9.51. The van der Waals surface area contributed by atoms with Gasteiger partial charge >= 0.3 is 0 Å². The van der Waals surface area contributed by atoms with Crippen molar-refractivity contribution in [3.8, 4) is 0 Å². The average Bonchev–Trinajstić information content (AvgIpc) is 2.76. The molecule has 0 saturated carbocycles. The summed E-state index contributed by atoms with van der Waals surface area (Å²) in [4.78, 5) is 25.6. The van der Waals surface area contributed by atoms with Crippen molar-refractivity contribution in [3.63, 3.8) is 0 Å². The third-order valence-electron chi connectivity index (χ3n) is 4.73. The summed E-state index contributed by atoms with van der Waals surface area (Å²) >= 11 is 6.11. The molecule has 4 rings (SSSR count). The van der Waals surface area contributed by atoms with Crippen LogP contribution in [0.15, 0.2) is 67.0 Å². The van der Waals surface area contributed by atoms with Crippen LogP contribution >= 0.6 is 11.6 Å². The minimum Gasteiger partial charge on any atom is -0.368 e. The molecular weight excluding hydrogens is 374 g/mol. The summed E-state index contributed by atoms with van der Waals surface area (Å²) < 4.78 is 0. The largest absolute Gasteiger partial charge is 0.368 e. The third-order valence-corrected chi connectivity index (χ3v) is 5.06. The number of benzene rings is 2. The lowest BCUT2D eigenvalue weighted by molar-refractivity contribution is 0.102. The maximum atomic E-state index is 12.6. The lowest BCUT2D eigenvalue weighted by Gasteiger charge is -2.36. The van der Waals surface area contributed by atoms with E-state index in [1.807, 2.05) is 18.2 Å². The summed E-state index contributed by atoms with van der Waals surface area (Å²) in [7, 11) is 0. The van der Waals surface area contributed by atoms with Crippen molar-refractivity contribution in [1.82, 2.24) is 9.97 Å². The van der Waals surface area contributed by atoms with Gasteiger partial charge in [0, 0.05) is 37.9 Å². The molecule has 0 bridgehead atoms. The summed E-state index contributed by atoms with van der Waals surface area (Å²) in [6, 6.07) is 19.2. The Hall–Kier alpha value is -3.12. The molecule has 2 aromatic carbocycles. The predicted octanol–water partition coefficient (Wildman–Crippen LogP) is 3.71. The van der Waals surface area contributed by atoms with Gasteiger partial charge < -0.3 is 15.1 Å². The molecule has 1 N–H and O–H groups in total. The van der Waals surface area contributed by atoms with E-state index in [4.69, 9.17) is 11.6 Å². The molecule has 142 valence electrons. The Morgan fingerprint density at radius 2 is 1.57 bits per heavy atom. The minimum atomic E-state index is -0.306. The van der Waals surface area contributed by atoms with Gasteiger partial charge in [0.15, 0.2) is 0 Å². The van der Waals surface area contributed by atoms with Crippen molar-refractivity contribution < 1.29 is 4.79 Å². The first-order chi connectivity index (χ1) is 13.7. The van der Waals surface area contributed by atoms with E-state index in [1.54, 1.807) is 18.2 Å². The van der Waals surface area contributed by atoms with Crippen molar-refractivity contribution in [2.45, 2.75) is 0 Å². The fourth-order valence-electron chi connectivity index (χ4n) is 3.23. The van der Waals surface area contributed by atoms with E-state index in [-0.39, 0.29) is 5.91 Å².